The van der Waals surface area contributed by atoms with Gasteiger partial charge < -0.3 is 5.21 Å². The Hall–Kier alpha value is -1.65. The van der Waals surface area contributed by atoms with E-state index in [1.165, 1.54) is 25.5 Å². The van der Waals surface area contributed by atoms with Crippen molar-refractivity contribution < 1.29 is 9.52 Å². The minimum absolute atomic E-state index is 0.139. The van der Waals surface area contributed by atoms with Crippen LogP contribution in [0.4, 0.5) is 5.82 Å². The van der Waals surface area contributed by atoms with E-state index in [4.69, 9.17) is 0 Å². The third-order valence-corrected chi connectivity index (χ3v) is 1.03. The Morgan fingerprint density at radius 3 is 3.09 bits per heavy atom. The van der Waals surface area contributed by atoms with E-state index in [0.29, 0.717) is 4.73 Å². The van der Waals surface area contributed by atoms with Crippen LogP contribution in [0.2, 0.25) is 0 Å². The van der Waals surface area contributed by atoms with Gasteiger partial charge in [-0.2, -0.15) is 0 Å². The molecule has 1 amide bonds. The molecule has 0 fully saturated rings. The molecule has 5 heteroatoms. The van der Waals surface area contributed by atoms with Gasteiger partial charge in [0.2, 0.25) is 0 Å². The van der Waals surface area contributed by atoms with Crippen LogP contribution in [0.5, 0.6) is 0 Å². The number of nitrogens with one attached hydrogen (secondary N) is 1. The smallest absolute Gasteiger partial charge is 0.304 e. The SMILES string of the molecule is CC(=O)Nc1cncc[n+]1[O-]. The first-order valence-electron chi connectivity index (χ1n) is 3.01. The molecule has 0 bridgehead atoms. The highest BCUT2D eigenvalue weighted by Gasteiger charge is 2.04. The molecule has 1 aromatic rings. The second-order valence-corrected chi connectivity index (χ2v) is 1.97. The lowest BCUT2D eigenvalue weighted by Gasteiger charge is -2.03. The van der Waals surface area contributed by atoms with E-state index in [-0.39, 0.29) is 11.7 Å². The normalized spacial score (nSPS) is 9.18. The number of amides is 1. The Kier molecular flexibility index (Phi) is 2.00. The number of hydrogen-bond donors (Lipinski definition) is 1. The molecule has 0 saturated carbocycles. The van der Waals surface area contributed by atoms with Gasteiger partial charge in [0.1, 0.15) is 12.4 Å². The van der Waals surface area contributed by atoms with Gasteiger partial charge in [0.05, 0.1) is 6.20 Å². The summed E-state index contributed by atoms with van der Waals surface area (Å²) in [6, 6.07) is 0. The molecule has 0 saturated heterocycles. The van der Waals surface area contributed by atoms with E-state index in [9.17, 15) is 10.0 Å². The van der Waals surface area contributed by atoms with Crippen LogP contribution in [0.25, 0.3) is 0 Å². The van der Waals surface area contributed by atoms with Crippen LogP contribution in [-0.4, -0.2) is 10.9 Å². The van der Waals surface area contributed by atoms with Gasteiger partial charge in [0, 0.05) is 6.92 Å². The minimum atomic E-state index is -0.289. The van der Waals surface area contributed by atoms with Crippen molar-refractivity contribution in [3.63, 3.8) is 0 Å². The average Bonchev–Trinajstić information content (AvgIpc) is 1.93. The molecule has 0 aliphatic carbocycles. The highest BCUT2D eigenvalue weighted by atomic mass is 16.5. The van der Waals surface area contributed by atoms with Crippen LogP contribution in [0.15, 0.2) is 18.6 Å². The molecule has 1 aromatic heterocycles. The zero-order valence-electron chi connectivity index (χ0n) is 5.94. The number of rotatable bonds is 1. The number of aromatic nitrogens is 2. The predicted molar refractivity (Wildman–Crippen MR) is 37.5 cm³/mol. The molecule has 11 heavy (non-hydrogen) atoms. The second-order valence-electron chi connectivity index (χ2n) is 1.97. The van der Waals surface area contributed by atoms with Crippen molar-refractivity contribution in [2.24, 2.45) is 0 Å². The average molecular weight is 153 g/mol. The molecular formula is C6H7N3O2. The van der Waals surface area contributed by atoms with Gasteiger partial charge in [-0.3, -0.25) is 4.98 Å². The summed E-state index contributed by atoms with van der Waals surface area (Å²) in [6.45, 7) is 1.33. The van der Waals surface area contributed by atoms with Gasteiger partial charge in [-0.1, -0.05) is 0 Å². The van der Waals surface area contributed by atoms with E-state index in [1.54, 1.807) is 0 Å². The summed E-state index contributed by atoms with van der Waals surface area (Å²) in [5.41, 5.74) is 0. The summed E-state index contributed by atoms with van der Waals surface area (Å²) >= 11 is 0. The topological polar surface area (TPSA) is 68.9 Å². The van der Waals surface area contributed by atoms with Gasteiger partial charge in [0.15, 0.2) is 0 Å². The van der Waals surface area contributed by atoms with E-state index < -0.39 is 0 Å². The molecule has 1 rings (SSSR count). The Bertz CT molecular complexity index is 274. The molecule has 5 nitrogen and oxygen atoms in total. The second kappa shape index (κ2) is 2.96. The Morgan fingerprint density at radius 2 is 2.55 bits per heavy atom. The van der Waals surface area contributed by atoms with Gasteiger partial charge in [-0.15, -0.1) is 0 Å². The standard InChI is InChI=1S/C6H7N3O2/c1-5(10)8-6-4-7-2-3-9(6)11/h2-4H,1H3,(H,8,10). The summed E-state index contributed by atoms with van der Waals surface area (Å²) in [5.74, 6) is -0.150. The van der Waals surface area contributed by atoms with Crippen LogP contribution < -0.4 is 10.0 Å². The van der Waals surface area contributed by atoms with Crippen LogP contribution >= 0.6 is 0 Å². The molecule has 58 valence electrons. The highest BCUT2D eigenvalue weighted by Crippen LogP contribution is 1.92. The zero-order valence-corrected chi connectivity index (χ0v) is 5.94. The molecule has 0 aromatic carbocycles. The van der Waals surface area contributed by atoms with Crippen LogP contribution in [-0.2, 0) is 4.79 Å². The zero-order chi connectivity index (χ0) is 8.27. The first kappa shape index (κ1) is 7.46. The molecule has 0 atom stereocenters. The summed E-state index contributed by atoms with van der Waals surface area (Å²) < 4.78 is 0.536. The number of carbonyl (C=O) groups excluding carboxylic acids is 1. The van der Waals surface area contributed by atoms with Crippen LogP contribution in [0, 0.1) is 5.21 Å². The lowest BCUT2D eigenvalue weighted by atomic mass is 10.6. The van der Waals surface area contributed by atoms with Gasteiger partial charge in [-0.25, -0.2) is 14.8 Å². The van der Waals surface area contributed by atoms with Crippen molar-refractivity contribution in [1.29, 1.82) is 0 Å². The molecule has 0 unspecified atom stereocenters. The first-order valence-corrected chi connectivity index (χ1v) is 3.01. The number of hydrogen-bond acceptors (Lipinski definition) is 3. The molecular weight excluding hydrogens is 146 g/mol. The Labute approximate surface area is 63.3 Å². The fourth-order valence-electron chi connectivity index (χ4n) is 0.618. The molecule has 0 spiro atoms. The minimum Gasteiger partial charge on any atom is -0.711 e. The molecule has 0 aliphatic rings. The van der Waals surface area contributed by atoms with Crippen molar-refractivity contribution in [2.75, 3.05) is 5.32 Å². The van der Waals surface area contributed by atoms with E-state index in [1.807, 2.05) is 0 Å². The monoisotopic (exact) mass is 153 g/mol. The van der Waals surface area contributed by atoms with E-state index >= 15 is 0 Å². The number of carbonyl (C=O) groups is 1. The molecule has 1 N–H and O–H groups in total. The molecule has 0 aliphatic heterocycles. The van der Waals surface area contributed by atoms with Crippen molar-refractivity contribution in [3.05, 3.63) is 23.8 Å². The van der Waals surface area contributed by atoms with Crippen molar-refractivity contribution in [3.8, 4) is 0 Å². The highest BCUT2D eigenvalue weighted by molar-refractivity contribution is 5.86. The summed E-state index contributed by atoms with van der Waals surface area (Å²) in [5, 5.41) is 13.1. The lowest BCUT2D eigenvalue weighted by Crippen LogP contribution is -2.31. The number of anilines is 1. The van der Waals surface area contributed by atoms with E-state index in [2.05, 4.69) is 10.3 Å². The van der Waals surface area contributed by atoms with Crippen molar-refractivity contribution in [1.82, 2.24) is 4.98 Å². The maximum Gasteiger partial charge on any atom is 0.304 e. The summed E-state index contributed by atoms with van der Waals surface area (Å²) in [6.07, 6.45) is 3.85. The third-order valence-electron chi connectivity index (χ3n) is 1.03. The first-order chi connectivity index (χ1) is 5.20. The molecule has 0 radical (unpaired) electrons. The lowest BCUT2D eigenvalue weighted by molar-refractivity contribution is -0.590. The van der Waals surface area contributed by atoms with Crippen LogP contribution in [0.3, 0.4) is 0 Å². The Balaban J connectivity index is 2.86. The fourth-order valence-corrected chi connectivity index (χ4v) is 0.618. The third kappa shape index (κ3) is 1.89. The Morgan fingerprint density at radius 1 is 1.82 bits per heavy atom. The molecule has 1 heterocycles. The summed E-state index contributed by atoms with van der Waals surface area (Å²) in [7, 11) is 0. The van der Waals surface area contributed by atoms with Crippen LogP contribution in [0.1, 0.15) is 6.92 Å². The van der Waals surface area contributed by atoms with Gasteiger partial charge >= 0.3 is 11.7 Å². The largest absolute Gasteiger partial charge is 0.711 e. The van der Waals surface area contributed by atoms with Crippen molar-refractivity contribution >= 4 is 11.7 Å². The van der Waals surface area contributed by atoms with Crippen molar-refractivity contribution in [2.45, 2.75) is 6.92 Å². The quantitative estimate of drug-likeness (QED) is 0.443. The van der Waals surface area contributed by atoms with E-state index in [0.717, 1.165) is 0 Å². The van der Waals surface area contributed by atoms with Gasteiger partial charge in [0.25, 0.3) is 0 Å². The number of nitrogens with zero attached hydrogens (tertiary/aromatic N) is 2. The maximum absolute atomic E-state index is 10.8. The maximum atomic E-state index is 10.8. The predicted octanol–water partition coefficient (Wildman–Crippen LogP) is -0.327. The van der Waals surface area contributed by atoms with Gasteiger partial charge in [-0.05, 0) is 0 Å². The fraction of sp³-hybridized carbons (Fsp3) is 0.167. The summed E-state index contributed by atoms with van der Waals surface area (Å²) in [4.78, 5) is 14.1.